The zero-order valence-corrected chi connectivity index (χ0v) is 6.22. The van der Waals surface area contributed by atoms with Gasteiger partial charge in [0, 0.05) is 0 Å². The van der Waals surface area contributed by atoms with E-state index in [1.807, 2.05) is 6.07 Å². The summed E-state index contributed by atoms with van der Waals surface area (Å²) in [5.41, 5.74) is -1.15. The molecule has 0 aliphatic rings. The summed E-state index contributed by atoms with van der Waals surface area (Å²) >= 11 is 0. The van der Waals surface area contributed by atoms with Gasteiger partial charge in [0.2, 0.25) is 0 Å². The third-order valence-corrected chi connectivity index (χ3v) is 1.83. The Morgan fingerprint density at radius 1 is 1.60 bits per heavy atom. The van der Waals surface area contributed by atoms with Crippen molar-refractivity contribution in [3.63, 3.8) is 0 Å². The summed E-state index contributed by atoms with van der Waals surface area (Å²) in [5, 5.41) is 17.1. The number of aliphatic carboxylic acids is 1. The number of hydrogen-bond donors (Lipinski definition) is 1. The van der Waals surface area contributed by atoms with Crippen LogP contribution < -0.4 is 0 Å². The fourth-order valence-corrected chi connectivity index (χ4v) is 0.758. The van der Waals surface area contributed by atoms with E-state index in [2.05, 4.69) is 0 Å². The molecule has 0 saturated heterocycles. The molecule has 0 saturated carbocycles. The van der Waals surface area contributed by atoms with E-state index in [4.69, 9.17) is 10.4 Å². The topological polar surface area (TPSA) is 61.1 Å². The Kier molecular flexibility index (Phi) is 2.88. The number of nitrogens with zero attached hydrogens (tertiary/aromatic N) is 1. The van der Waals surface area contributed by atoms with Gasteiger partial charge in [-0.15, -0.1) is 0 Å². The summed E-state index contributed by atoms with van der Waals surface area (Å²) in [5.74, 6) is -1.01. The average Bonchev–Trinajstić information content (AvgIpc) is 1.92. The van der Waals surface area contributed by atoms with E-state index < -0.39 is 11.4 Å². The molecule has 0 heterocycles. The van der Waals surface area contributed by atoms with Crippen molar-refractivity contribution in [2.45, 2.75) is 26.7 Å². The Labute approximate surface area is 60.3 Å². The van der Waals surface area contributed by atoms with E-state index in [1.54, 1.807) is 13.8 Å². The zero-order valence-electron chi connectivity index (χ0n) is 6.22. The first-order valence-electron chi connectivity index (χ1n) is 3.27. The van der Waals surface area contributed by atoms with Gasteiger partial charge < -0.3 is 5.11 Å². The number of rotatable bonds is 3. The lowest BCUT2D eigenvalue weighted by atomic mass is 9.84. The summed E-state index contributed by atoms with van der Waals surface area (Å²) in [6, 6.07) is 1.81. The maximum Gasteiger partial charge on any atom is 0.324 e. The molecule has 0 aromatic rings. The predicted octanol–water partition coefficient (Wildman–Crippen LogP) is 1.40. The van der Waals surface area contributed by atoms with E-state index in [1.165, 1.54) is 0 Å². The van der Waals surface area contributed by atoms with E-state index in [9.17, 15) is 4.79 Å². The maximum absolute atomic E-state index is 10.5. The van der Waals surface area contributed by atoms with Gasteiger partial charge >= 0.3 is 5.97 Å². The number of nitriles is 1. The molecule has 0 fully saturated rings. The normalized spacial score (nSPS) is 10.5. The largest absolute Gasteiger partial charge is 0.480 e. The molecule has 56 valence electrons. The minimum absolute atomic E-state index is 0.370. The first-order valence-corrected chi connectivity index (χ1v) is 3.27. The molecule has 0 aromatic carbocycles. The molecule has 0 aromatic heterocycles. The second-order valence-electron chi connectivity index (χ2n) is 2.21. The van der Waals surface area contributed by atoms with Gasteiger partial charge in [0.25, 0.3) is 0 Å². The van der Waals surface area contributed by atoms with Crippen LogP contribution in [0.5, 0.6) is 0 Å². The molecule has 0 aliphatic carbocycles. The highest BCUT2D eigenvalue weighted by atomic mass is 16.4. The highest BCUT2D eigenvalue weighted by molar-refractivity contribution is 5.77. The summed E-state index contributed by atoms with van der Waals surface area (Å²) in [6.45, 7) is 3.42. The van der Waals surface area contributed by atoms with Gasteiger partial charge in [-0.25, -0.2) is 0 Å². The molecule has 3 nitrogen and oxygen atoms in total. The monoisotopic (exact) mass is 141 g/mol. The maximum atomic E-state index is 10.5. The smallest absolute Gasteiger partial charge is 0.324 e. The van der Waals surface area contributed by atoms with Gasteiger partial charge in [-0.3, -0.25) is 4.79 Å². The molecule has 1 N–H and O–H groups in total. The molecule has 0 unspecified atom stereocenters. The van der Waals surface area contributed by atoms with Crippen molar-refractivity contribution in [1.29, 1.82) is 5.26 Å². The molecule has 0 aliphatic heterocycles. The van der Waals surface area contributed by atoms with Crippen molar-refractivity contribution in [2.24, 2.45) is 5.41 Å². The summed E-state index contributed by atoms with van der Waals surface area (Å²) < 4.78 is 0. The van der Waals surface area contributed by atoms with Crippen LogP contribution >= 0.6 is 0 Å². The Morgan fingerprint density at radius 2 is 2.00 bits per heavy atom. The Hall–Kier alpha value is -1.04. The second kappa shape index (κ2) is 3.21. The number of carboxylic acid groups (broad SMARTS) is 1. The minimum Gasteiger partial charge on any atom is -0.480 e. The summed E-state index contributed by atoms with van der Waals surface area (Å²) in [4.78, 5) is 10.5. The van der Waals surface area contributed by atoms with Gasteiger partial charge in [0.1, 0.15) is 0 Å². The van der Waals surface area contributed by atoms with Gasteiger partial charge in [0.05, 0.1) is 6.07 Å². The molecule has 0 radical (unpaired) electrons. The fraction of sp³-hybridized carbons (Fsp3) is 0.714. The first-order chi connectivity index (χ1) is 4.63. The first kappa shape index (κ1) is 8.96. The third-order valence-electron chi connectivity index (χ3n) is 1.83. The lowest BCUT2D eigenvalue weighted by molar-refractivity contribution is -0.145. The molecule has 0 amide bonds. The van der Waals surface area contributed by atoms with Crippen LogP contribution in [-0.4, -0.2) is 11.1 Å². The van der Waals surface area contributed by atoms with Crippen molar-refractivity contribution in [3.05, 3.63) is 0 Å². The molecule has 0 atom stereocenters. The minimum atomic E-state index is -1.15. The highest BCUT2D eigenvalue weighted by Gasteiger charge is 2.34. The number of hydrogen-bond acceptors (Lipinski definition) is 2. The Morgan fingerprint density at radius 3 is 2.00 bits per heavy atom. The van der Waals surface area contributed by atoms with E-state index >= 15 is 0 Å². The van der Waals surface area contributed by atoms with Crippen molar-refractivity contribution in [3.8, 4) is 6.07 Å². The van der Waals surface area contributed by atoms with Crippen molar-refractivity contribution >= 4 is 5.97 Å². The average molecular weight is 141 g/mol. The third kappa shape index (κ3) is 1.27. The quantitative estimate of drug-likeness (QED) is 0.646. The fourth-order valence-electron chi connectivity index (χ4n) is 0.758. The van der Waals surface area contributed by atoms with Crippen LogP contribution in [0.1, 0.15) is 26.7 Å². The van der Waals surface area contributed by atoms with Crippen molar-refractivity contribution < 1.29 is 9.90 Å². The van der Waals surface area contributed by atoms with E-state index in [0.29, 0.717) is 12.8 Å². The number of carbonyl (C=O) groups is 1. The van der Waals surface area contributed by atoms with Crippen LogP contribution in [0.4, 0.5) is 0 Å². The molecule has 0 rings (SSSR count). The molecule has 0 spiro atoms. The zero-order chi connectivity index (χ0) is 8.20. The van der Waals surface area contributed by atoms with Crippen LogP contribution in [-0.2, 0) is 4.79 Å². The van der Waals surface area contributed by atoms with Gasteiger partial charge in [0.15, 0.2) is 5.41 Å². The highest BCUT2D eigenvalue weighted by Crippen LogP contribution is 2.24. The van der Waals surface area contributed by atoms with E-state index in [0.717, 1.165) is 0 Å². The predicted molar refractivity (Wildman–Crippen MR) is 36.3 cm³/mol. The van der Waals surface area contributed by atoms with E-state index in [-0.39, 0.29) is 0 Å². The molecular formula is C7H11NO2. The van der Waals surface area contributed by atoms with Crippen LogP contribution in [0.3, 0.4) is 0 Å². The standard InChI is InChI=1S/C7H11NO2/c1-3-7(4-2,5-8)6(9)10/h3-4H2,1-2H3,(H,9,10). The van der Waals surface area contributed by atoms with Gasteiger partial charge in [-0.2, -0.15) is 5.26 Å². The van der Waals surface area contributed by atoms with Crippen LogP contribution in [0.2, 0.25) is 0 Å². The Balaban J connectivity index is 4.52. The second-order valence-corrected chi connectivity index (χ2v) is 2.21. The van der Waals surface area contributed by atoms with Gasteiger partial charge in [-0.05, 0) is 12.8 Å². The lowest BCUT2D eigenvalue weighted by Gasteiger charge is -2.16. The van der Waals surface area contributed by atoms with Crippen LogP contribution in [0.25, 0.3) is 0 Å². The number of carboxylic acids is 1. The van der Waals surface area contributed by atoms with Crippen molar-refractivity contribution in [2.75, 3.05) is 0 Å². The van der Waals surface area contributed by atoms with Gasteiger partial charge in [-0.1, -0.05) is 13.8 Å². The molecule has 3 heteroatoms. The van der Waals surface area contributed by atoms with Crippen LogP contribution in [0.15, 0.2) is 0 Å². The lowest BCUT2D eigenvalue weighted by Crippen LogP contribution is -2.27. The molecule has 10 heavy (non-hydrogen) atoms. The molecular weight excluding hydrogens is 130 g/mol. The summed E-state index contributed by atoms with van der Waals surface area (Å²) in [7, 11) is 0. The van der Waals surface area contributed by atoms with Crippen LogP contribution in [0, 0.1) is 16.7 Å². The Bertz CT molecular complexity index is 165. The molecule has 0 bridgehead atoms. The van der Waals surface area contributed by atoms with Crippen molar-refractivity contribution in [1.82, 2.24) is 0 Å². The summed E-state index contributed by atoms with van der Waals surface area (Å²) in [6.07, 6.45) is 0.741. The SMILES string of the molecule is CCC(C#N)(CC)C(=O)O.